The average Bonchev–Trinajstić information content (AvgIpc) is 2.91. The Kier molecular flexibility index (Phi) is 3.49. The van der Waals surface area contributed by atoms with Crippen LogP contribution in [-0.4, -0.2) is 27.6 Å². The molecule has 2 aromatic carbocycles. The first-order valence-electron chi connectivity index (χ1n) is 7.54. The molecule has 0 fully saturated rings. The maximum Gasteiger partial charge on any atom is 0.328 e. The first kappa shape index (κ1) is 15.1. The molecular weight excluding hydrogens is 370 g/mol. The first-order chi connectivity index (χ1) is 11.6. The molecule has 1 unspecified atom stereocenters. The van der Waals surface area contributed by atoms with Gasteiger partial charge in [-0.2, -0.15) is 0 Å². The van der Waals surface area contributed by atoms with E-state index in [1.54, 1.807) is 0 Å². The van der Waals surface area contributed by atoms with E-state index in [0.717, 1.165) is 31.9 Å². The largest absolute Gasteiger partial charge is 0.467 e. The highest BCUT2D eigenvalue weighted by Crippen LogP contribution is 2.33. The third kappa shape index (κ3) is 2.17. The number of benzene rings is 2. The highest BCUT2D eigenvalue weighted by Gasteiger charge is 2.23. The monoisotopic (exact) mass is 383 g/mol. The van der Waals surface area contributed by atoms with Crippen molar-refractivity contribution in [2.24, 2.45) is 0 Å². The quantitative estimate of drug-likeness (QED) is 0.486. The number of rotatable bonds is 2. The Labute approximate surface area is 146 Å². The van der Waals surface area contributed by atoms with Crippen LogP contribution in [0.25, 0.3) is 33.1 Å². The zero-order chi connectivity index (χ0) is 16.8. The van der Waals surface area contributed by atoms with Crippen LogP contribution in [0.1, 0.15) is 13.0 Å². The maximum atomic E-state index is 12.1. The average molecular weight is 384 g/mol. The van der Waals surface area contributed by atoms with E-state index in [0.29, 0.717) is 5.65 Å². The number of halogens is 1. The number of fused-ring (bicyclic) bond motifs is 4. The lowest BCUT2D eigenvalue weighted by Gasteiger charge is -2.13. The van der Waals surface area contributed by atoms with Gasteiger partial charge < -0.3 is 9.30 Å². The summed E-state index contributed by atoms with van der Waals surface area (Å²) in [6.07, 6.45) is 0. The Balaban J connectivity index is 2.18. The van der Waals surface area contributed by atoms with Crippen LogP contribution in [0.3, 0.4) is 0 Å². The molecule has 1 atom stereocenters. The number of aromatic nitrogens is 3. The second-order valence-electron chi connectivity index (χ2n) is 5.62. The fourth-order valence-electron chi connectivity index (χ4n) is 3.03. The Morgan fingerprint density at radius 2 is 1.88 bits per heavy atom. The van der Waals surface area contributed by atoms with Crippen molar-refractivity contribution in [1.82, 2.24) is 14.5 Å². The van der Waals surface area contributed by atoms with Gasteiger partial charge in [-0.25, -0.2) is 14.8 Å². The number of nitrogens with zero attached hydrogens (tertiary/aromatic N) is 3. The summed E-state index contributed by atoms with van der Waals surface area (Å²) in [7, 11) is 1.39. The Hall–Kier alpha value is -2.47. The van der Waals surface area contributed by atoms with Crippen LogP contribution < -0.4 is 0 Å². The van der Waals surface area contributed by atoms with Crippen molar-refractivity contribution in [3.05, 3.63) is 46.9 Å². The molecule has 2 heterocycles. The van der Waals surface area contributed by atoms with E-state index in [4.69, 9.17) is 14.7 Å². The number of ether oxygens (including phenoxy) is 1. The lowest BCUT2D eigenvalue weighted by atomic mass is 10.2. The van der Waals surface area contributed by atoms with Crippen LogP contribution in [0, 0.1) is 0 Å². The molecule has 120 valence electrons. The fraction of sp³-hybridized carbons (Fsp3) is 0.167. The van der Waals surface area contributed by atoms with Gasteiger partial charge in [0.2, 0.25) is 0 Å². The summed E-state index contributed by atoms with van der Waals surface area (Å²) in [6, 6.07) is 13.1. The normalized spacial score (nSPS) is 12.8. The maximum absolute atomic E-state index is 12.1. The van der Waals surface area contributed by atoms with Crippen molar-refractivity contribution in [3.8, 4) is 0 Å². The first-order valence-corrected chi connectivity index (χ1v) is 8.33. The van der Waals surface area contributed by atoms with Gasteiger partial charge in [0.05, 0.1) is 23.7 Å². The highest BCUT2D eigenvalue weighted by molar-refractivity contribution is 9.10. The van der Waals surface area contributed by atoms with E-state index in [-0.39, 0.29) is 5.97 Å². The summed E-state index contributed by atoms with van der Waals surface area (Å²) >= 11 is 3.51. The number of hydrogen-bond acceptors (Lipinski definition) is 4. The van der Waals surface area contributed by atoms with E-state index in [2.05, 4.69) is 15.9 Å². The van der Waals surface area contributed by atoms with Crippen molar-refractivity contribution in [2.45, 2.75) is 13.0 Å². The van der Waals surface area contributed by atoms with Crippen molar-refractivity contribution < 1.29 is 9.53 Å². The highest BCUT2D eigenvalue weighted by atomic mass is 79.9. The standard InChI is InChI=1S/C18H14BrN3O2/c1-10(18(23)24-2)22-15-8-7-11(19)9-12(15)16-17(22)21-14-6-4-3-5-13(14)20-16/h3-10H,1-2H3. The van der Waals surface area contributed by atoms with Gasteiger partial charge in [-0.1, -0.05) is 28.1 Å². The van der Waals surface area contributed by atoms with Crippen LogP contribution in [0.2, 0.25) is 0 Å². The van der Waals surface area contributed by atoms with Crippen molar-refractivity contribution >= 4 is 55.0 Å². The second-order valence-corrected chi connectivity index (χ2v) is 6.53. The van der Waals surface area contributed by atoms with Crippen molar-refractivity contribution in [2.75, 3.05) is 7.11 Å². The van der Waals surface area contributed by atoms with Gasteiger partial charge in [-0.15, -0.1) is 0 Å². The smallest absolute Gasteiger partial charge is 0.328 e. The molecule has 0 bridgehead atoms. The van der Waals surface area contributed by atoms with Gasteiger partial charge in [0.1, 0.15) is 11.6 Å². The number of carbonyl (C=O) groups excluding carboxylic acids is 1. The number of carbonyl (C=O) groups is 1. The molecule has 24 heavy (non-hydrogen) atoms. The lowest BCUT2D eigenvalue weighted by molar-refractivity contribution is -0.143. The molecule has 0 spiro atoms. The molecule has 0 saturated carbocycles. The van der Waals surface area contributed by atoms with Crippen LogP contribution in [0.4, 0.5) is 0 Å². The van der Waals surface area contributed by atoms with Crippen LogP contribution in [0.15, 0.2) is 46.9 Å². The van der Waals surface area contributed by atoms with E-state index in [9.17, 15) is 4.79 Å². The van der Waals surface area contributed by atoms with Gasteiger partial charge >= 0.3 is 5.97 Å². The summed E-state index contributed by atoms with van der Waals surface area (Å²) in [5.41, 5.74) is 3.99. The molecule has 0 aliphatic carbocycles. The minimum absolute atomic E-state index is 0.313. The fourth-order valence-corrected chi connectivity index (χ4v) is 3.39. The molecule has 4 aromatic rings. The Morgan fingerprint density at radius 1 is 1.17 bits per heavy atom. The van der Waals surface area contributed by atoms with Gasteiger partial charge in [0.25, 0.3) is 0 Å². The van der Waals surface area contributed by atoms with Gasteiger partial charge in [0, 0.05) is 9.86 Å². The number of esters is 1. The summed E-state index contributed by atoms with van der Waals surface area (Å²) in [6.45, 7) is 1.81. The molecular formula is C18H14BrN3O2. The van der Waals surface area contributed by atoms with E-state index >= 15 is 0 Å². The molecule has 0 N–H and O–H groups in total. The van der Waals surface area contributed by atoms with Crippen LogP contribution >= 0.6 is 15.9 Å². The van der Waals surface area contributed by atoms with Gasteiger partial charge in [-0.05, 0) is 37.3 Å². The molecule has 0 radical (unpaired) electrons. The van der Waals surface area contributed by atoms with E-state index in [1.165, 1.54) is 7.11 Å². The predicted molar refractivity (Wildman–Crippen MR) is 97.0 cm³/mol. The summed E-state index contributed by atoms with van der Waals surface area (Å²) in [5.74, 6) is -0.313. The topological polar surface area (TPSA) is 57.0 Å². The summed E-state index contributed by atoms with van der Waals surface area (Å²) in [5, 5.41) is 0.952. The predicted octanol–water partition coefficient (Wildman–Crippen LogP) is 4.23. The molecule has 6 heteroatoms. The molecule has 0 amide bonds. The van der Waals surface area contributed by atoms with Crippen molar-refractivity contribution in [1.29, 1.82) is 0 Å². The molecule has 0 aliphatic heterocycles. The number of hydrogen-bond donors (Lipinski definition) is 0. The number of methoxy groups -OCH3 is 1. The van der Waals surface area contributed by atoms with E-state index < -0.39 is 6.04 Å². The van der Waals surface area contributed by atoms with Gasteiger partial charge in [0.15, 0.2) is 5.65 Å². The molecule has 5 nitrogen and oxygen atoms in total. The molecule has 4 rings (SSSR count). The van der Waals surface area contributed by atoms with Crippen LogP contribution in [-0.2, 0) is 9.53 Å². The molecule has 0 saturated heterocycles. The Bertz CT molecular complexity index is 1100. The molecule has 2 aromatic heterocycles. The minimum Gasteiger partial charge on any atom is -0.467 e. The summed E-state index contributed by atoms with van der Waals surface area (Å²) < 4.78 is 7.77. The van der Waals surface area contributed by atoms with E-state index in [1.807, 2.05) is 54.0 Å². The lowest BCUT2D eigenvalue weighted by Crippen LogP contribution is -2.18. The van der Waals surface area contributed by atoms with Crippen molar-refractivity contribution in [3.63, 3.8) is 0 Å². The summed E-state index contributed by atoms with van der Waals surface area (Å²) in [4.78, 5) is 21.7. The Morgan fingerprint density at radius 3 is 2.58 bits per heavy atom. The SMILES string of the molecule is COC(=O)C(C)n1c2ccc(Br)cc2c2nc3ccccc3nc21. The second kappa shape index (κ2) is 5.56. The zero-order valence-corrected chi connectivity index (χ0v) is 14.7. The minimum atomic E-state index is -0.494. The zero-order valence-electron chi connectivity index (χ0n) is 13.2. The number of para-hydroxylation sites is 2. The third-order valence-electron chi connectivity index (χ3n) is 4.18. The van der Waals surface area contributed by atoms with Crippen LogP contribution in [0.5, 0.6) is 0 Å². The molecule has 0 aliphatic rings. The third-order valence-corrected chi connectivity index (χ3v) is 4.68. The van der Waals surface area contributed by atoms with Gasteiger partial charge in [-0.3, -0.25) is 0 Å².